The summed E-state index contributed by atoms with van der Waals surface area (Å²) in [6, 6.07) is 10.1. The van der Waals surface area contributed by atoms with Gasteiger partial charge in [-0.3, -0.25) is 9.79 Å². The van der Waals surface area contributed by atoms with E-state index in [2.05, 4.69) is 20.2 Å². The molecule has 0 aromatic heterocycles. The van der Waals surface area contributed by atoms with Crippen molar-refractivity contribution < 1.29 is 13.2 Å². The fourth-order valence-electron chi connectivity index (χ4n) is 4.58. The van der Waals surface area contributed by atoms with Crippen LogP contribution in [-0.4, -0.2) is 60.6 Å². The summed E-state index contributed by atoms with van der Waals surface area (Å²) < 4.78 is 26.0. The fraction of sp³-hybridized carbons (Fsp3) is 0.391. The highest BCUT2D eigenvalue weighted by atomic mass is 35.5. The number of nitrogens with zero attached hydrogens (tertiary/aromatic N) is 3. The van der Waals surface area contributed by atoms with Crippen LogP contribution in [0.1, 0.15) is 25.7 Å². The van der Waals surface area contributed by atoms with Gasteiger partial charge in [-0.25, -0.2) is 8.42 Å². The molecule has 0 bridgehead atoms. The Labute approximate surface area is 197 Å². The largest absolute Gasteiger partial charge is 0.347 e. The minimum absolute atomic E-state index is 0.00340. The van der Waals surface area contributed by atoms with Crippen LogP contribution in [0.4, 0.5) is 0 Å². The number of thioether (sulfide) groups is 1. The van der Waals surface area contributed by atoms with Gasteiger partial charge >= 0.3 is 0 Å². The van der Waals surface area contributed by atoms with Gasteiger partial charge in [0.05, 0.1) is 23.2 Å². The normalized spacial score (nSPS) is 21.0. The maximum atomic E-state index is 13.2. The molecule has 1 saturated heterocycles. The summed E-state index contributed by atoms with van der Waals surface area (Å²) >= 11 is 7.62. The first-order valence-corrected chi connectivity index (χ1v) is 13.7. The second-order valence-electron chi connectivity index (χ2n) is 8.30. The third-order valence-electron chi connectivity index (χ3n) is 6.27. The molecule has 0 amide bonds. The molecule has 1 fully saturated rings. The molecule has 0 radical (unpaired) electrons. The molecule has 3 heterocycles. The SMILES string of the molecule is O=C(CCS(=O)(=O)c1ccc2cc(Cl)ccc2c1)C1CCCCN1C1=CSC2=NCCN12. The number of carbonyl (C=O) groups is 1. The van der Waals surface area contributed by atoms with Gasteiger partial charge in [-0.2, -0.15) is 0 Å². The molecule has 2 aromatic rings. The standard InChI is InChI=1S/C23H24ClN3O3S2/c24-18-6-4-17-14-19(7-5-16(17)13-18)32(29,30)12-8-21(28)20-3-1-2-10-26(20)22-15-31-23-25-9-11-27(22)23/h4-7,13-15,20H,1-3,8-12H2. The predicted molar refractivity (Wildman–Crippen MR) is 130 cm³/mol. The molecular weight excluding hydrogens is 466 g/mol. The van der Waals surface area contributed by atoms with Crippen LogP contribution in [0.2, 0.25) is 5.02 Å². The highest BCUT2D eigenvalue weighted by Gasteiger charge is 2.37. The van der Waals surface area contributed by atoms with E-state index < -0.39 is 9.84 Å². The molecule has 2 aromatic carbocycles. The Morgan fingerprint density at radius 3 is 2.81 bits per heavy atom. The number of aliphatic imine (C=N–C) groups is 1. The van der Waals surface area contributed by atoms with E-state index in [4.69, 9.17) is 11.6 Å². The van der Waals surface area contributed by atoms with Crippen LogP contribution in [0.25, 0.3) is 10.8 Å². The summed E-state index contributed by atoms with van der Waals surface area (Å²) in [4.78, 5) is 22.3. The first-order chi connectivity index (χ1) is 15.4. The number of rotatable bonds is 6. The number of sulfone groups is 1. The van der Waals surface area contributed by atoms with Crippen molar-refractivity contribution >= 4 is 54.9 Å². The fourth-order valence-corrected chi connectivity index (χ4v) is 7.00. The highest BCUT2D eigenvalue weighted by Crippen LogP contribution is 2.35. The lowest BCUT2D eigenvalue weighted by atomic mass is 9.97. The first kappa shape index (κ1) is 21.8. The lowest BCUT2D eigenvalue weighted by Crippen LogP contribution is -2.47. The van der Waals surface area contributed by atoms with Gasteiger partial charge in [0.15, 0.2) is 20.8 Å². The Kier molecular flexibility index (Phi) is 5.94. The van der Waals surface area contributed by atoms with E-state index in [-0.39, 0.29) is 28.9 Å². The van der Waals surface area contributed by atoms with Crippen LogP contribution in [-0.2, 0) is 14.6 Å². The number of Topliss-reactive ketones (excluding diaryl/α,β-unsaturated/α-hetero) is 1. The summed E-state index contributed by atoms with van der Waals surface area (Å²) in [5, 5.41) is 5.38. The van der Waals surface area contributed by atoms with Crippen molar-refractivity contribution in [1.82, 2.24) is 9.80 Å². The number of likely N-dealkylation sites (tertiary alicyclic amines) is 1. The molecule has 1 unspecified atom stereocenters. The minimum Gasteiger partial charge on any atom is -0.347 e. The first-order valence-electron chi connectivity index (χ1n) is 10.8. The van der Waals surface area contributed by atoms with E-state index in [9.17, 15) is 13.2 Å². The van der Waals surface area contributed by atoms with Crippen LogP contribution in [0.3, 0.4) is 0 Å². The summed E-state index contributed by atoms with van der Waals surface area (Å²) in [5.74, 6) is 0.858. The van der Waals surface area contributed by atoms with Gasteiger partial charge in [-0.1, -0.05) is 35.5 Å². The zero-order chi connectivity index (χ0) is 22.3. The van der Waals surface area contributed by atoms with Gasteiger partial charge in [0.1, 0.15) is 5.82 Å². The average Bonchev–Trinajstić information content (AvgIpc) is 3.41. The Morgan fingerprint density at radius 1 is 1.12 bits per heavy atom. The van der Waals surface area contributed by atoms with Crippen LogP contribution >= 0.6 is 23.4 Å². The maximum absolute atomic E-state index is 13.2. The zero-order valence-corrected chi connectivity index (χ0v) is 19.9. The summed E-state index contributed by atoms with van der Waals surface area (Å²) in [6.45, 7) is 2.43. The van der Waals surface area contributed by atoms with Gasteiger partial charge in [0, 0.05) is 29.9 Å². The van der Waals surface area contributed by atoms with Gasteiger partial charge in [0.25, 0.3) is 0 Å². The monoisotopic (exact) mass is 489 g/mol. The van der Waals surface area contributed by atoms with Crippen molar-refractivity contribution in [2.75, 3.05) is 25.4 Å². The molecule has 168 valence electrons. The van der Waals surface area contributed by atoms with Crippen LogP contribution in [0.5, 0.6) is 0 Å². The Balaban J connectivity index is 1.29. The number of ketones is 1. The second-order valence-corrected chi connectivity index (χ2v) is 11.7. The van der Waals surface area contributed by atoms with E-state index in [0.717, 1.165) is 60.7 Å². The molecule has 32 heavy (non-hydrogen) atoms. The van der Waals surface area contributed by atoms with Crippen molar-refractivity contribution in [3.05, 3.63) is 52.6 Å². The highest BCUT2D eigenvalue weighted by molar-refractivity contribution is 8.16. The second kappa shape index (κ2) is 8.72. The summed E-state index contributed by atoms with van der Waals surface area (Å²) in [5.41, 5.74) is 0. The number of hydrogen-bond acceptors (Lipinski definition) is 7. The Hall–Kier alpha value is -2.03. The smallest absolute Gasteiger partial charge is 0.178 e. The molecule has 3 aliphatic rings. The van der Waals surface area contributed by atoms with Crippen molar-refractivity contribution in [3.8, 4) is 0 Å². The average molecular weight is 490 g/mol. The molecule has 0 N–H and O–H groups in total. The molecule has 1 atom stereocenters. The number of fused-ring (bicyclic) bond motifs is 2. The third-order valence-corrected chi connectivity index (χ3v) is 9.10. The van der Waals surface area contributed by atoms with Crippen LogP contribution in [0, 0.1) is 0 Å². The number of piperidine rings is 1. The van der Waals surface area contributed by atoms with Gasteiger partial charge in [-0.05, 0) is 54.3 Å². The number of halogens is 1. The number of benzene rings is 2. The topological polar surface area (TPSA) is 70.0 Å². The molecule has 0 saturated carbocycles. The predicted octanol–water partition coefficient (Wildman–Crippen LogP) is 4.30. The van der Waals surface area contributed by atoms with Crippen molar-refractivity contribution in [1.29, 1.82) is 0 Å². The molecule has 9 heteroatoms. The molecular formula is C23H24ClN3O3S2. The van der Waals surface area contributed by atoms with Crippen LogP contribution < -0.4 is 0 Å². The maximum Gasteiger partial charge on any atom is 0.178 e. The van der Waals surface area contributed by atoms with E-state index in [0.29, 0.717) is 5.02 Å². The van der Waals surface area contributed by atoms with Gasteiger partial charge in [0.2, 0.25) is 0 Å². The lowest BCUT2D eigenvalue weighted by molar-refractivity contribution is -0.124. The van der Waals surface area contributed by atoms with Crippen molar-refractivity contribution in [2.45, 2.75) is 36.6 Å². The summed E-state index contributed by atoms with van der Waals surface area (Å²) in [7, 11) is -3.57. The summed E-state index contributed by atoms with van der Waals surface area (Å²) in [6.07, 6.45) is 2.79. The number of amidine groups is 1. The minimum atomic E-state index is -3.57. The van der Waals surface area contributed by atoms with E-state index >= 15 is 0 Å². The van der Waals surface area contributed by atoms with E-state index in [1.807, 2.05) is 6.07 Å². The lowest BCUT2D eigenvalue weighted by Gasteiger charge is -2.39. The number of hydrogen-bond donors (Lipinski definition) is 0. The van der Waals surface area contributed by atoms with E-state index in [1.165, 1.54) is 0 Å². The third kappa shape index (κ3) is 4.16. The molecule has 0 spiro atoms. The number of carbonyl (C=O) groups excluding carboxylic acids is 1. The van der Waals surface area contributed by atoms with E-state index in [1.54, 1.807) is 42.1 Å². The molecule has 0 aliphatic carbocycles. The quantitative estimate of drug-likeness (QED) is 0.602. The van der Waals surface area contributed by atoms with Crippen LogP contribution in [0.15, 0.2) is 57.5 Å². The van der Waals surface area contributed by atoms with Crippen molar-refractivity contribution in [2.24, 2.45) is 4.99 Å². The molecule has 5 rings (SSSR count). The Bertz CT molecular complexity index is 1240. The molecule has 6 nitrogen and oxygen atoms in total. The van der Waals surface area contributed by atoms with Crippen molar-refractivity contribution in [3.63, 3.8) is 0 Å². The Morgan fingerprint density at radius 2 is 1.94 bits per heavy atom. The zero-order valence-electron chi connectivity index (χ0n) is 17.5. The molecule has 3 aliphatic heterocycles. The van der Waals surface area contributed by atoms with Gasteiger partial charge < -0.3 is 9.80 Å². The van der Waals surface area contributed by atoms with Gasteiger partial charge in [-0.15, -0.1) is 0 Å².